The zero-order valence-corrected chi connectivity index (χ0v) is 16.6. The van der Waals surface area contributed by atoms with E-state index in [-0.39, 0.29) is 16.8 Å². The zero-order valence-electron chi connectivity index (χ0n) is 15.9. The summed E-state index contributed by atoms with van der Waals surface area (Å²) in [5, 5.41) is 8.68. The average Bonchev–Trinajstić information content (AvgIpc) is 2.71. The fourth-order valence-corrected chi connectivity index (χ4v) is 2.70. The number of halogens is 1. The van der Waals surface area contributed by atoms with Gasteiger partial charge < -0.3 is 15.4 Å². The fourth-order valence-electron chi connectivity index (χ4n) is 2.62. The van der Waals surface area contributed by atoms with E-state index in [0.717, 1.165) is 0 Å². The third-order valence-electron chi connectivity index (χ3n) is 3.90. The monoisotopic (exact) mass is 414 g/mol. The number of rotatable bonds is 7. The van der Waals surface area contributed by atoms with Crippen molar-refractivity contribution in [3.63, 3.8) is 0 Å². The number of esters is 1. The van der Waals surface area contributed by atoms with Gasteiger partial charge in [0.1, 0.15) is 11.8 Å². The van der Waals surface area contributed by atoms with Gasteiger partial charge in [0.15, 0.2) is 0 Å². The standard InChI is InChI=1S/C20H19ClN4O4/c1-3-9-25(19(27)15-8-7-12(2)24-17(15)18(23)26)14-6-4-5-13(10-14)20(28)29-16(21)11-22/h4-8,10,16H,3,9H2,1-2H3,(H2,23,26). The lowest BCUT2D eigenvalue weighted by atomic mass is 10.1. The topological polar surface area (TPSA) is 126 Å². The number of aryl methyl sites for hydroxylation is 1. The van der Waals surface area contributed by atoms with E-state index in [1.165, 1.54) is 23.1 Å². The van der Waals surface area contributed by atoms with Crippen LogP contribution in [0, 0.1) is 18.3 Å². The maximum absolute atomic E-state index is 13.2. The van der Waals surface area contributed by atoms with Crippen LogP contribution in [0.25, 0.3) is 0 Å². The second-order valence-corrected chi connectivity index (χ2v) is 6.47. The molecule has 2 rings (SSSR count). The summed E-state index contributed by atoms with van der Waals surface area (Å²) in [5.74, 6) is -2.09. The van der Waals surface area contributed by atoms with Gasteiger partial charge in [-0.3, -0.25) is 9.59 Å². The van der Waals surface area contributed by atoms with Crippen molar-refractivity contribution >= 4 is 35.1 Å². The normalized spacial score (nSPS) is 11.2. The number of hydrogen-bond acceptors (Lipinski definition) is 6. The van der Waals surface area contributed by atoms with Crippen molar-refractivity contribution in [2.24, 2.45) is 5.73 Å². The van der Waals surface area contributed by atoms with E-state index in [0.29, 0.717) is 24.3 Å². The Balaban J connectivity index is 2.44. The molecule has 0 spiro atoms. The van der Waals surface area contributed by atoms with Crippen LogP contribution >= 0.6 is 11.6 Å². The van der Waals surface area contributed by atoms with Crippen LogP contribution in [-0.4, -0.2) is 34.9 Å². The van der Waals surface area contributed by atoms with Crippen molar-refractivity contribution < 1.29 is 19.1 Å². The predicted octanol–water partition coefficient (Wildman–Crippen LogP) is 2.79. The van der Waals surface area contributed by atoms with Gasteiger partial charge in [0.05, 0.1) is 11.1 Å². The van der Waals surface area contributed by atoms with Crippen LogP contribution in [-0.2, 0) is 4.74 Å². The van der Waals surface area contributed by atoms with E-state index in [1.807, 2.05) is 6.92 Å². The lowest BCUT2D eigenvalue weighted by Gasteiger charge is -2.23. The molecule has 0 saturated heterocycles. The highest BCUT2D eigenvalue weighted by Gasteiger charge is 2.24. The van der Waals surface area contributed by atoms with Crippen molar-refractivity contribution in [2.45, 2.75) is 25.8 Å². The lowest BCUT2D eigenvalue weighted by Crippen LogP contribution is -2.34. The third-order valence-corrected chi connectivity index (χ3v) is 4.08. The molecule has 150 valence electrons. The summed E-state index contributed by atoms with van der Waals surface area (Å²) in [7, 11) is 0. The summed E-state index contributed by atoms with van der Waals surface area (Å²) in [6.07, 6.45) is 0.615. The number of ether oxygens (including phenoxy) is 1. The molecule has 8 nitrogen and oxygen atoms in total. The molecule has 1 heterocycles. The number of carbonyl (C=O) groups is 3. The number of anilines is 1. The minimum Gasteiger partial charge on any atom is -0.428 e. The Morgan fingerprint density at radius 1 is 1.31 bits per heavy atom. The molecule has 0 aliphatic rings. The van der Waals surface area contributed by atoms with Gasteiger partial charge in [0, 0.05) is 17.9 Å². The van der Waals surface area contributed by atoms with E-state index in [4.69, 9.17) is 27.3 Å². The first-order valence-corrected chi connectivity index (χ1v) is 9.16. The van der Waals surface area contributed by atoms with Crippen molar-refractivity contribution in [2.75, 3.05) is 11.4 Å². The third kappa shape index (κ3) is 5.30. The molecule has 0 saturated carbocycles. The summed E-state index contributed by atoms with van der Waals surface area (Å²) < 4.78 is 4.78. The average molecular weight is 415 g/mol. The molecule has 1 aromatic carbocycles. The number of nitrogens with two attached hydrogens (primary N) is 1. The van der Waals surface area contributed by atoms with E-state index >= 15 is 0 Å². The molecule has 2 amide bonds. The highest BCUT2D eigenvalue weighted by Crippen LogP contribution is 2.22. The SMILES string of the molecule is CCCN(C(=O)c1ccc(C)nc1C(N)=O)c1cccc(C(=O)OC(Cl)C#N)c1. The number of nitrogens with zero attached hydrogens (tertiary/aromatic N) is 3. The van der Waals surface area contributed by atoms with Crippen LogP contribution < -0.4 is 10.6 Å². The minimum atomic E-state index is -1.42. The Morgan fingerprint density at radius 2 is 2.03 bits per heavy atom. The molecule has 0 bridgehead atoms. The molecule has 0 radical (unpaired) electrons. The number of alkyl halides is 1. The van der Waals surface area contributed by atoms with E-state index in [1.54, 1.807) is 31.2 Å². The van der Waals surface area contributed by atoms with Crippen LogP contribution in [0.15, 0.2) is 36.4 Å². The Bertz CT molecular complexity index is 987. The highest BCUT2D eigenvalue weighted by molar-refractivity contribution is 6.22. The van der Waals surface area contributed by atoms with Gasteiger partial charge in [-0.25, -0.2) is 9.78 Å². The Kier molecular flexibility index (Phi) is 7.28. The van der Waals surface area contributed by atoms with Gasteiger partial charge in [-0.05, 0) is 43.7 Å². The molecule has 0 fully saturated rings. The molecule has 0 aliphatic carbocycles. The molecule has 0 aliphatic heterocycles. The molecule has 1 atom stereocenters. The number of pyridine rings is 1. The van der Waals surface area contributed by atoms with Crippen molar-refractivity contribution in [3.05, 3.63) is 58.9 Å². The number of benzene rings is 1. The molecule has 9 heteroatoms. The van der Waals surface area contributed by atoms with Crippen LogP contribution in [0.5, 0.6) is 0 Å². The number of carbonyl (C=O) groups excluding carboxylic acids is 3. The molecular formula is C20H19ClN4O4. The van der Waals surface area contributed by atoms with E-state index < -0.39 is 23.3 Å². The first-order valence-electron chi connectivity index (χ1n) is 8.72. The summed E-state index contributed by atoms with van der Waals surface area (Å²) >= 11 is 5.53. The van der Waals surface area contributed by atoms with Gasteiger partial charge in [-0.2, -0.15) is 5.26 Å². The number of nitriles is 1. The number of amides is 2. The van der Waals surface area contributed by atoms with Gasteiger partial charge in [-0.1, -0.05) is 24.6 Å². The summed E-state index contributed by atoms with van der Waals surface area (Å²) in [6, 6.07) is 10.8. The quantitative estimate of drug-likeness (QED) is 0.548. The van der Waals surface area contributed by atoms with E-state index in [2.05, 4.69) is 4.98 Å². The summed E-state index contributed by atoms with van der Waals surface area (Å²) in [5.41, 5.74) is 4.99. The first kappa shape index (κ1) is 21.9. The van der Waals surface area contributed by atoms with Gasteiger partial charge >= 0.3 is 5.97 Å². The number of aromatic nitrogens is 1. The van der Waals surface area contributed by atoms with Crippen LogP contribution in [0.1, 0.15) is 50.2 Å². The van der Waals surface area contributed by atoms with Crippen molar-refractivity contribution in [1.29, 1.82) is 5.26 Å². The molecule has 2 N–H and O–H groups in total. The van der Waals surface area contributed by atoms with Crippen molar-refractivity contribution in [3.8, 4) is 6.07 Å². The Hall–Kier alpha value is -3.44. The van der Waals surface area contributed by atoms with E-state index in [9.17, 15) is 14.4 Å². The van der Waals surface area contributed by atoms with Crippen molar-refractivity contribution in [1.82, 2.24) is 4.98 Å². The fraction of sp³-hybridized carbons (Fsp3) is 0.250. The number of primary amides is 1. The summed E-state index contributed by atoms with van der Waals surface area (Å²) in [4.78, 5) is 42.6. The predicted molar refractivity (Wildman–Crippen MR) is 107 cm³/mol. The minimum absolute atomic E-state index is 0.0647. The van der Waals surface area contributed by atoms with Gasteiger partial charge in [0.2, 0.25) is 0 Å². The smallest absolute Gasteiger partial charge is 0.340 e. The van der Waals surface area contributed by atoms with Crippen LogP contribution in [0.3, 0.4) is 0 Å². The highest BCUT2D eigenvalue weighted by atomic mass is 35.5. The van der Waals surface area contributed by atoms with Crippen LogP contribution in [0.4, 0.5) is 5.69 Å². The summed E-state index contributed by atoms with van der Waals surface area (Å²) in [6.45, 7) is 3.89. The Labute approximate surface area is 172 Å². The zero-order chi connectivity index (χ0) is 21.6. The molecular weight excluding hydrogens is 396 g/mol. The molecule has 1 aromatic heterocycles. The molecule has 1 unspecified atom stereocenters. The van der Waals surface area contributed by atoms with Gasteiger partial charge in [0.25, 0.3) is 17.4 Å². The van der Waals surface area contributed by atoms with Crippen LogP contribution in [0.2, 0.25) is 0 Å². The lowest BCUT2D eigenvalue weighted by molar-refractivity contribution is 0.0510. The molecule has 29 heavy (non-hydrogen) atoms. The second kappa shape index (κ2) is 9.66. The van der Waals surface area contributed by atoms with Gasteiger partial charge in [-0.15, -0.1) is 0 Å². The maximum Gasteiger partial charge on any atom is 0.340 e. The maximum atomic E-state index is 13.2. The molecule has 2 aromatic rings. The largest absolute Gasteiger partial charge is 0.428 e. The number of hydrogen-bond donors (Lipinski definition) is 1. The first-order chi connectivity index (χ1) is 13.8. The second-order valence-electron chi connectivity index (χ2n) is 6.07. The Morgan fingerprint density at radius 3 is 2.66 bits per heavy atom.